The molecule has 0 bridgehead atoms. The van der Waals surface area contributed by atoms with Crippen LogP contribution in [0, 0.1) is 17.8 Å². The number of ether oxygens (including phenoxy) is 1. The lowest BCUT2D eigenvalue weighted by molar-refractivity contribution is -0.147. The Labute approximate surface area is 123 Å². The molecule has 1 aromatic carbocycles. The van der Waals surface area contributed by atoms with Gasteiger partial charge in [0.1, 0.15) is 6.10 Å². The topological polar surface area (TPSA) is 55.4 Å². The van der Waals surface area contributed by atoms with Gasteiger partial charge in [0.2, 0.25) is 5.91 Å². The predicted octanol–water partition coefficient (Wildman–Crippen LogP) is 2.52. The van der Waals surface area contributed by atoms with Crippen molar-refractivity contribution in [3.8, 4) is 0 Å². The molecule has 3 aliphatic rings. The Bertz CT molecular complexity index is 622. The number of hydrogen-bond donors (Lipinski definition) is 1. The van der Waals surface area contributed by atoms with Gasteiger partial charge in [-0.15, -0.1) is 0 Å². The first kappa shape index (κ1) is 12.6. The van der Waals surface area contributed by atoms with E-state index in [1.807, 2.05) is 30.3 Å². The molecule has 4 unspecified atom stereocenters. The van der Waals surface area contributed by atoms with Gasteiger partial charge >= 0.3 is 5.97 Å². The molecule has 1 amide bonds. The van der Waals surface area contributed by atoms with Gasteiger partial charge in [-0.3, -0.25) is 9.59 Å². The molecule has 1 saturated carbocycles. The van der Waals surface area contributed by atoms with Crippen molar-refractivity contribution >= 4 is 17.6 Å². The van der Waals surface area contributed by atoms with Crippen LogP contribution in [0.3, 0.4) is 0 Å². The fourth-order valence-corrected chi connectivity index (χ4v) is 3.97. The monoisotopic (exact) mass is 283 g/mol. The zero-order valence-corrected chi connectivity index (χ0v) is 11.6. The number of hydrogen-bond acceptors (Lipinski definition) is 3. The van der Waals surface area contributed by atoms with Crippen LogP contribution in [0.1, 0.15) is 19.3 Å². The van der Waals surface area contributed by atoms with Gasteiger partial charge < -0.3 is 10.1 Å². The maximum atomic E-state index is 12.5. The molecule has 4 nitrogen and oxygen atoms in total. The van der Waals surface area contributed by atoms with Gasteiger partial charge in [-0.05, 0) is 31.4 Å². The first-order valence-electron chi connectivity index (χ1n) is 7.49. The summed E-state index contributed by atoms with van der Waals surface area (Å²) in [6.07, 6.45) is 4.70. The second-order valence-corrected chi connectivity index (χ2v) is 6.04. The molecule has 4 rings (SSSR count). The van der Waals surface area contributed by atoms with E-state index in [0.29, 0.717) is 6.42 Å². The van der Waals surface area contributed by atoms with Crippen LogP contribution in [0.25, 0.3) is 0 Å². The van der Waals surface area contributed by atoms with E-state index in [9.17, 15) is 9.59 Å². The molecule has 21 heavy (non-hydrogen) atoms. The van der Waals surface area contributed by atoms with E-state index in [2.05, 4.69) is 11.4 Å². The normalized spacial score (nSPS) is 33.1. The highest BCUT2D eigenvalue weighted by Gasteiger charge is 2.55. The van der Waals surface area contributed by atoms with Crippen LogP contribution in [-0.4, -0.2) is 18.0 Å². The number of carbonyl (C=O) groups excluding carboxylic acids is 2. The highest BCUT2D eigenvalue weighted by molar-refractivity contribution is 5.96. The van der Waals surface area contributed by atoms with Crippen molar-refractivity contribution in [2.45, 2.75) is 25.4 Å². The van der Waals surface area contributed by atoms with Crippen molar-refractivity contribution in [3.63, 3.8) is 0 Å². The van der Waals surface area contributed by atoms with Crippen molar-refractivity contribution in [2.24, 2.45) is 17.8 Å². The lowest BCUT2D eigenvalue weighted by Crippen LogP contribution is -2.37. The van der Waals surface area contributed by atoms with Crippen LogP contribution in [0.4, 0.5) is 5.69 Å². The molecule has 1 N–H and O–H groups in total. The van der Waals surface area contributed by atoms with E-state index < -0.39 is 0 Å². The maximum Gasteiger partial charge on any atom is 0.310 e. The Morgan fingerprint density at radius 2 is 2.00 bits per heavy atom. The smallest absolute Gasteiger partial charge is 0.310 e. The number of esters is 1. The molecule has 2 aliphatic carbocycles. The van der Waals surface area contributed by atoms with Crippen LogP contribution in [0.2, 0.25) is 0 Å². The first-order valence-corrected chi connectivity index (χ1v) is 7.49. The van der Waals surface area contributed by atoms with Crippen LogP contribution in [-0.2, 0) is 14.3 Å². The quantitative estimate of drug-likeness (QED) is 0.670. The van der Waals surface area contributed by atoms with Crippen molar-refractivity contribution in [1.82, 2.24) is 0 Å². The molecule has 108 valence electrons. The zero-order chi connectivity index (χ0) is 14.4. The number of allylic oxidation sites excluding steroid dienone is 1. The van der Waals surface area contributed by atoms with Crippen molar-refractivity contribution < 1.29 is 14.3 Å². The van der Waals surface area contributed by atoms with Crippen LogP contribution >= 0.6 is 0 Å². The molecule has 0 radical (unpaired) electrons. The fraction of sp³-hybridized carbons (Fsp3) is 0.412. The zero-order valence-electron chi connectivity index (χ0n) is 11.6. The molecule has 1 aromatic rings. The molecule has 4 heteroatoms. The predicted molar refractivity (Wildman–Crippen MR) is 77.4 cm³/mol. The second-order valence-electron chi connectivity index (χ2n) is 6.04. The third-order valence-electron chi connectivity index (χ3n) is 4.92. The summed E-state index contributed by atoms with van der Waals surface area (Å²) in [5.41, 5.74) is 2.09. The second kappa shape index (κ2) is 4.72. The van der Waals surface area contributed by atoms with E-state index in [4.69, 9.17) is 4.74 Å². The largest absolute Gasteiger partial charge is 0.461 e. The van der Waals surface area contributed by atoms with Gasteiger partial charge in [0.05, 0.1) is 11.8 Å². The molecule has 0 aromatic heterocycles. The number of nitrogens with one attached hydrogen (secondary N) is 1. The Balaban J connectivity index is 1.58. The summed E-state index contributed by atoms with van der Waals surface area (Å²) in [5.74, 6) is -0.733. The maximum absolute atomic E-state index is 12.5. The highest BCUT2D eigenvalue weighted by atomic mass is 16.6. The van der Waals surface area contributed by atoms with Crippen molar-refractivity contribution in [2.75, 3.05) is 5.32 Å². The average molecular weight is 283 g/mol. The summed E-state index contributed by atoms with van der Waals surface area (Å²) in [5, 5.41) is 2.92. The first-order chi connectivity index (χ1) is 10.2. The third-order valence-corrected chi connectivity index (χ3v) is 4.92. The SMILES string of the molecule is O=C(Nc1ccccc1)C1CC=C2CCC3OC(=O)C1C23. The minimum atomic E-state index is -0.311. The lowest BCUT2D eigenvalue weighted by atomic mass is 9.73. The Morgan fingerprint density at radius 3 is 2.81 bits per heavy atom. The number of para-hydroxylation sites is 1. The van der Waals surface area contributed by atoms with Gasteiger partial charge in [-0.2, -0.15) is 0 Å². The van der Waals surface area contributed by atoms with Gasteiger partial charge in [-0.25, -0.2) is 0 Å². The average Bonchev–Trinajstić information content (AvgIpc) is 3.04. The fourth-order valence-electron chi connectivity index (χ4n) is 3.97. The molecule has 4 atom stereocenters. The molecule has 0 spiro atoms. The Kier molecular flexibility index (Phi) is 2.84. The summed E-state index contributed by atoms with van der Waals surface area (Å²) >= 11 is 0. The minimum Gasteiger partial charge on any atom is -0.461 e. The minimum absolute atomic E-state index is 0.000996. The van der Waals surface area contributed by atoms with Gasteiger partial charge in [0.25, 0.3) is 0 Å². The molecule has 1 aliphatic heterocycles. The summed E-state index contributed by atoms with van der Waals surface area (Å²) < 4.78 is 5.47. The number of carbonyl (C=O) groups is 2. The van der Waals surface area contributed by atoms with E-state index in [0.717, 1.165) is 18.5 Å². The van der Waals surface area contributed by atoms with Gasteiger partial charge in [-0.1, -0.05) is 29.8 Å². The van der Waals surface area contributed by atoms with E-state index in [1.165, 1.54) is 5.57 Å². The summed E-state index contributed by atoms with van der Waals surface area (Å²) in [7, 11) is 0. The molecule has 1 saturated heterocycles. The number of anilines is 1. The third kappa shape index (κ3) is 1.97. The van der Waals surface area contributed by atoms with Gasteiger partial charge in [0, 0.05) is 11.6 Å². The molecule has 1 heterocycles. The van der Waals surface area contributed by atoms with E-state index in [-0.39, 0.29) is 35.7 Å². The van der Waals surface area contributed by atoms with Crippen LogP contribution < -0.4 is 5.32 Å². The summed E-state index contributed by atoms with van der Waals surface area (Å²) in [6.45, 7) is 0. The van der Waals surface area contributed by atoms with E-state index >= 15 is 0 Å². The number of amides is 1. The van der Waals surface area contributed by atoms with Crippen molar-refractivity contribution in [3.05, 3.63) is 42.0 Å². The Hall–Kier alpha value is -2.10. The highest BCUT2D eigenvalue weighted by Crippen LogP contribution is 2.50. The van der Waals surface area contributed by atoms with Crippen LogP contribution in [0.5, 0.6) is 0 Å². The number of benzene rings is 1. The van der Waals surface area contributed by atoms with Crippen molar-refractivity contribution in [1.29, 1.82) is 0 Å². The number of rotatable bonds is 2. The molecular weight excluding hydrogens is 266 g/mol. The van der Waals surface area contributed by atoms with Gasteiger partial charge in [0.15, 0.2) is 0 Å². The van der Waals surface area contributed by atoms with Crippen LogP contribution in [0.15, 0.2) is 42.0 Å². The summed E-state index contributed by atoms with van der Waals surface area (Å²) in [4.78, 5) is 24.7. The standard InChI is InChI=1S/C17H17NO3/c19-16(18-11-4-2-1-3-5-11)12-8-6-10-7-9-13-14(10)15(12)17(20)21-13/h1-6,12-15H,7-9H2,(H,18,19). The summed E-state index contributed by atoms with van der Waals surface area (Å²) in [6, 6.07) is 9.38. The molecular formula is C17H17NO3. The Morgan fingerprint density at radius 1 is 1.19 bits per heavy atom. The van der Waals surface area contributed by atoms with E-state index in [1.54, 1.807) is 0 Å². The lowest BCUT2D eigenvalue weighted by Gasteiger charge is -2.28. The molecule has 2 fully saturated rings.